The van der Waals surface area contributed by atoms with Gasteiger partial charge < -0.3 is 9.84 Å². The molecular formula is C16H17N3O2S. The first-order valence-electron chi connectivity index (χ1n) is 7.03. The summed E-state index contributed by atoms with van der Waals surface area (Å²) in [4.78, 5) is 17.6. The summed E-state index contributed by atoms with van der Waals surface area (Å²) in [6.45, 7) is 7.92. The van der Waals surface area contributed by atoms with Crippen molar-refractivity contribution < 1.29 is 9.32 Å². The summed E-state index contributed by atoms with van der Waals surface area (Å²) in [7, 11) is 0. The molecule has 2 aromatic heterocycles. The monoisotopic (exact) mass is 315 g/mol. The van der Waals surface area contributed by atoms with Crippen LogP contribution < -0.4 is 5.32 Å². The van der Waals surface area contributed by atoms with Crippen molar-refractivity contribution in [3.05, 3.63) is 39.5 Å². The van der Waals surface area contributed by atoms with E-state index in [-0.39, 0.29) is 12.3 Å². The minimum absolute atomic E-state index is 0.135. The van der Waals surface area contributed by atoms with Gasteiger partial charge >= 0.3 is 0 Å². The standard InChI is InChI=1S/C16H17N3O2S/c1-8-5-9(2)15-12(19-21-13(15)6-8)7-14(20)18-16-17-10(3)11(4)22-16/h5-6H,7H2,1-4H3,(H,17,18,20). The third-order valence-electron chi connectivity index (χ3n) is 3.59. The second kappa shape index (κ2) is 5.53. The van der Waals surface area contributed by atoms with Crippen molar-refractivity contribution in [2.24, 2.45) is 0 Å². The Morgan fingerprint density at radius 2 is 2.05 bits per heavy atom. The quantitative estimate of drug-likeness (QED) is 0.800. The highest BCUT2D eigenvalue weighted by Gasteiger charge is 2.16. The summed E-state index contributed by atoms with van der Waals surface area (Å²) in [5.41, 5.74) is 4.51. The van der Waals surface area contributed by atoms with E-state index in [1.165, 1.54) is 11.3 Å². The van der Waals surface area contributed by atoms with Crippen molar-refractivity contribution in [2.45, 2.75) is 34.1 Å². The van der Waals surface area contributed by atoms with E-state index in [1.54, 1.807) is 0 Å². The molecule has 0 aliphatic carbocycles. The van der Waals surface area contributed by atoms with E-state index < -0.39 is 0 Å². The number of nitrogens with zero attached hydrogens (tertiary/aromatic N) is 2. The molecule has 114 valence electrons. The number of anilines is 1. The van der Waals surface area contributed by atoms with Gasteiger partial charge in [0.25, 0.3) is 0 Å². The maximum atomic E-state index is 12.2. The lowest BCUT2D eigenvalue weighted by Gasteiger charge is -2.01. The van der Waals surface area contributed by atoms with Crippen LogP contribution in [0.5, 0.6) is 0 Å². The molecule has 3 aromatic rings. The first-order valence-corrected chi connectivity index (χ1v) is 7.85. The molecule has 22 heavy (non-hydrogen) atoms. The topological polar surface area (TPSA) is 68.0 Å². The summed E-state index contributed by atoms with van der Waals surface area (Å²) in [6.07, 6.45) is 0.175. The molecule has 0 saturated carbocycles. The van der Waals surface area contributed by atoms with E-state index in [9.17, 15) is 4.79 Å². The number of amides is 1. The second-order valence-corrected chi connectivity index (χ2v) is 6.67. The Balaban J connectivity index is 1.82. The summed E-state index contributed by atoms with van der Waals surface area (Å²) in [6, 6.07) is 4.00. The van der Waals surface area contributed by atoms with Crippen LogP contribution in [0.25, 0.3) is 11.0 Å². The SMILES string of the molecule is Cc1cc(C)c2c(CC(=O)Nc3nc(C)c(C)s3)noc2c1. The third-order valence-corrected chi connectivity index (χ3v) is 4.58. The highest BCUT2D eigenvalue weighted by Crippen LogP contribution is 2.25. The van der Waals surface area contributed by atoms with E-state index >= 15 is 0 Å². The van der Waals surface area contributed by atoms with Crippen molar-refractivity contribution in [1.82, 2.24) is 10.1 Å². The maximum Gasteiger partial charge on any atom is 0.232 e. The normalized spacial score (nSPS) is 11.1. The molecule has 0 radical (unpaired) electrons. The summed E-state index contributed by atoms with van der Waals surface area (Å²) in [5, 5.41) is 8.42. The first kappa shape index (κ1) is 14.7. The van der Waals surface area contributed by atoms with Gasteiger partial charge in [0.1, 0.15) is 5.69 Å². The number of carbonyl (C=O) groups excluding carboxylic acids is 1. The number of nitrogens with one attached hydrogen (secondary N) is 1. The predicted octanol–water partition coefficient (Wildman–Crippen LogP) is 3.70. The molecule has 1 N–H and O–H groups in total. The van der Waals surface area contributed by atoms with E-state index in [4.69, 9.17) is 4.52 Å². The molecule has 1 amide bonds. The highest BCUT2D eigenvalue weighted by molar-refractivity contribution is 7.15. The van der Waals surface area contributed by atoms with Crippen molar-refractivity contribution in [3.8, 4) is 0 Å². The zero-order valence-electron chi connectivity index (χ0n) is 13.0. The molecule has 0 aliphatic rings. The number of benzene rings is 1. The average molecular weight is 315 g/mol. The molecule has 3 rings (SSSR count). The number of rotatable bonds is 3. The van der Waals surface area contributed by atoms with Crippen molar-refractivity contribution in [3.63, 3.8) is 0 Å². The van der Waals surface area contributed by atoms with Gasteiger partial charge in [-0.15, -0.1) is 11.3 Å². The zero-order chi connectivity index (χ0) is 15.9. The van der Waals surface area contributed by atoms with Gasteiger partial charge in [-0.1, -0.05) is 11.2 Å². The lowest BCUT2D eigenvalue weighted by molar-refractivity contribution is -0.115. The van der Waals surface area contributed by atoms with Gasteiger partial charge in [-0.2, -0.15) is 0 Å². The van der Waals surface area contributed by atoms with Crippen LogP contribution in [0.2, 0.25) is 0 Å². The Kier molecular flexibility index (Phi) is 3.70. The third kappa shape index (κ3) is 2.74. The van der Waals surface area contributed by atoms with Crippen LogP contribution in [0.15, 0.2) is 16.7 Å². The van der Waals surface area contributed by atoms with Crippen molar-refractivity contribution in [1.29, 1.82) is 0 Å². The summed E-state index contributed by atoms with van der Waals surface area (Å²) in [5.74, 6) is -0.135. The van der Waals surface area contributed by atoms with E-state index in [0.29, 0.717) is 10.8 Å². The molecule has 2 heterocycles. The molecule has 6 heteroatoms. The molecule has 0 atom stereocenters. The smallest absolute Gasteiger partial charge is 0.232 e. The Labute approximate surface area is 132 Å². The van der Waals surface area contributed by atoms with Crippen LogP contribution in [0.3, 0.4) is 0 Å². The molecule has 0 fully saturated rings. The van der Waals surface area contributed by atoms with Gasteiger partial charge in [-0.05, 0) is 44.9 Å². The number of aromatic nitrogens is 2. The van der Waals surface area contributed by atoms with Gasteiger partial charge in [-0.25, -0.2) is 4.98 Å². The molecular weight excluding hydrogens is 298 g/mol. The fourth-order valence-electron chi connectivity index (χ4n) is 2.48. The van der Waals surface area contributed by atoms with Crippen LogP contribution in [0, 0.1) is 27.7 Å². The maximum absolute atomic E-state index is 12.2. The number of aryl methyl sites for hydroxylation is 4. The zero-order valence-corrected chi connectivity index (χ0v) is 13.8. The van der Waals surface area contributed by atoms with Gasteiger partial charge in [0, 0.05) is 10.3 Å². The van der Waals surface area contributed by atoms with Gasteiger partial charge in [0.05, 0.1) is 12.1 Å². The van der Waals surface area contributed by atoms with Gasteiger partial charge in [0.15, 0.2) is 10.7 Å². The predicted molar refractivity (Wildman–Crippen MR) is 87.4 cm³/mol. The van der Waals surface area contributed by atoms with Crippen LogP contribution in [-0.2, 0) is 11.2 Å². The molecule has 0 aliphatic heterocycles. The average Bonchev–Trinajstić information content (AvgIpc) is 2.94. The largest absolute Gasteiger partial charge is 0.356 e. The Morgan fingerprint density at radius 1 is 1.27 bits per heavy atom. The van der Waals surface area contributed by atoms with Crippen LogP contribution in [0.1, 0.15) is 27.4 Å². The number of thiazole rings is 1. The molecule has 0 spiro atoms. The Hall–Kier alpha value is -2.21. The fraction of sp³-hybridized carbons (Fsp3) is 0.312. The van der Waals surface area contributed by atoms with Crippen molar-refractivity contribution >= 4 is 33.3 Å². The minimum atomic E-state index is -0.135. The van der Waals surface area contributed by atoms with Crippen LogP contribution >= 0.6 is 11.3 Å². The minimum Gasteiger partial charge on any atom is -0.356 e. The van der Waals surface area contributed by atoms with E-state index in [0.717, 1.165) is 32.7 Å². The molecule has 0 bridgehead atoms. The fourth-order valence-corrected chi connectivity index (χ4v) is 3.31. The van der Waals surface area contributed by atoms with E-state index in [2.05, 4.69) is 21.5 Å². The Bertz CT molecular complexity index is 844. The number of hydrogen-bond donors (Lipinski definition) is 1. The van der Waals surface area contributed by atoms with Crippen molar-refractivity contribution in [2.75, 3.05) is 5.32 Å². The number of carbonyl (C=O) groups is 1. The van der Waals surface area contributed by atoms with Crippen LogP contribution in [0.4, 0.5) is 5.13 Å². The molecule has 1 aromatic carbocycles. The van der Waals surface area contributed by atoms with Gasteiger partial charge in [0.2, 0.25) is 5.91 Å². The molecule has 0 unspecified atom stereocenters. The molecule has 5 nitrogen and oxygen atoms in total. The lowest BCUT2D eigenvalue weighted by Crippen LogP contribution is -2.14. The van der Waals surface area contributed by atoms with E-state index in [1.807, 2.05) is 33.8 Å². The second-order valence-electron chi connectivity index (χ2n) is 5.47. The summed E-state index contributed by atoms with van der Waals surface area (Å²) < 4.78 is 5.34. The summed E-state index contributed by atoms with van der Waals surface area (Å²) >= 11 is 1.48. The first-order chi connectivity index (χ1) is 10.4. The van der Waals surface area contributed by atoms with Crippen LogP contribution in [-0.4, -0.2) is 16.0 Å². The highest BCUT2D eigenvalue weighted by atomic mass is 32.1. The molecule has 0 saturated heterocycles. The number of hydrogen-bond acceptors (Lipinski definition) is 5. The Morgan fingerprint density at radius 3 is 2.73 bits per heavy atom. The van der Waals surface area contributed by atoms with Gasteiger partial charge in [-0.3, -0.25) is 4.79 Å². The lowest BCUT2D eigenvalue weighted by atomic mass is 10.0. The number of fused-ring (bicyclic) bond motifs is 1.